The monoisotopic (exact) mass is 147 g/mol. The molecule has 0 spiro atoms. The topological polar surface area (TPSA) is 40.9 Å². The first-order valence-corrected chi connectivity index (χ1v) is 3.52. The minimum Gasteiger partial charge on any atom is -0.295 e. The Balaban J connectivity index is 2.74. The molecule has 0 aromatic heterocycles. The van der Waals surface area contributed by atoms with Gasteiger partial charge in [0.15, 0.2) is 5.78 Å². The van der Waals surface area contributed by atoms with Gasteiger partial charge in [-0.25, -0.2) is 0 Å². The fourth-order valence-corrected chi connectivity index (χ4v) is 1.03. The second-order valence-corrected chi connectivity index (χ2v) is 2.57. The molecule has 56 valence electrons. The summed E-state index contributed by atoms with van der Waals surface area (Å²) in [6.07, 6.45) is 5.93. The third-order valence-corrected chi connectivity index (χ3v) is 1.70. The third kappa shape index (κ3) is 1.78. The maximum Gasteiger partial charge on any atom is 0.155 e. The second kappa shape index (κ2) is 3.16. The molecule has 2 nitrogen and oxygen atoms in total. The molecule has 0 bridgehead atoms. The average molecular weight is 147 g/mol. The van der Waals surface area contributed by atoms with Gasteiger partial charge in [-0.3, -0.25) is 4.79 Å². The quantitative estimate of drug-likeness (QED) is 0.565. The molecule has 1 unspecified atom stereocenters. The Morgan fingerprint density at radius 1 is 1.82 bits per heavy atom. The van der Waals surface area contributed by atoms with Gasteiger partial charge in [-0.05, 0) is 18.9 Å². The van der Waals surface area contributed by atoms with Crippen molar-refractivity contribution < 1.29 is 4.79 Å². The van der Waals surface area contributed by atoms with E-state index >= 15 is 0 Å². The summed E-state index contributed by atoms with van der Waals surface area (Å²) in [7, 11) is 0. The van der Waals surface area contributed by atoms with Crippen LogP contribution in [0.4, 0.5) is 0 Å². The van der Waals surface area contributed by atoms with Crippen molar-refractivity contribution in [3.8, 4) is 6.07 Å². The zero-order valence-corrected chi connectivity index (χ0v) is 6.37. The molecule has 0 N–H and O–H groups in total. The molecule has 0 fully saturated rings. The average Bonchev–Trinajstić information content (AvgIpc) is 2.05. The summed E-state index contributed by atoms with van der Waals surface area (Å²) in [6.45, 7) is 1.53. The smallest absolute Gasteiger partial charge is 0.155 e. The molecule has 11 heavy (non-hydrogen) atoms. The van der Waals surface area contributed by atoms with E-state index in [1.807, 2.05) is 6.08 Å². The first-order valence-electron chi connectivity index (χ1n) is 3.52. The summed E-state index contributed by atoms with van der Waals surface area (Å²) in [5.41, 5.74) is 0.749. The van der Waals surface area contributed by atoms with Crippen LogP contribution in [0.3, 0.4) is 0 Å². The van der Waals surface area contributed by atoms with Crippen LogP contribution in [0.5, 0.6) is 0 Å². The number of carbonyl (C=O) groups excluding carboxylic acids is 1. The summed E-state index contributed by atoms with van der Waals surface area (Å²) < 4.78 is 0. The number of hydrogen-bond donors (Lipinski definition) is 0. The van der Waals surface area contributed by atoms with Crippen molar-refractivity contribution in [2.45, 2.75) is 13.3 Å². The molecule has 0 amide bonds. The van der Waals surface area contributed by atoms with Crippen LogP contribution in [-0.2, 0) is 4.79 Å². The van der Waals surface area contributed by atoms with Gasteiger partial charge in [-0.15, -0.1) is 0 Å². The number of allylic oxidation sites excluding steroid dienone is 4. The molecule has 1 aliphatic rings. The molecule has 0 aromatic rings. The molecule has 0 saturated heterocycles. The van der Waals surface area contributed by atoms with Crippen molar-refractivity contribution in [2.75, 3.05) is 0 Å². The summed E-state index contributed by atoms with van der Waals surface area (Å²) >= 11 is 0. The van der Waals surface area contributed by atoms with Gasteiger partial charge in [0.25, 0.3) is 0 Å². The molecule has 1 aliphatic carbocycles. The van der Waals surface area contributed by atoms with Crippen molar-refractivity contribution in [3.05, 3.63) is 23.8 Å². The highest BCUT2D eigenvalue weighted by Gasteiger charge is 2.12. The van der Waals surface area contributed by atoms with Crippen LogP contribution in [-0.4, -0.2) is 5.78 Å². The van der Waals surface area contributed by atoms with E-state index in [1.54, 1.807) is 12.2 Å². The number of Topliss-reactive ketones (excluding diaryl/α,β-unsaturated/α-hetero) is 1. The van der Waals surface area contributed by atoms with Gasteiger partial charge in [0.1, 0.15) is 0 Å². The van der Waals surface area contributed by atoms with E-state index in [0.29, 0.717) is 6.42 Å². The van der Waals surface area contributed by atoms with Crippen molar-refractivity contribution in [3.63, 3.8) is 0 Å². The second-order valence-electron chi connectivity index (χ2n) is 2.57. The lowest BCUT2D eigenvalue weighted by Crippen LogP contribution is -2.05. The molecule has 0 radical (unpaired) electrons. The summed E-state index contributed by atoms with van der Waals surface area (Å²) in [5.74, 6) is -0.0477. The number of rotatable bonds is 1. The van der Waals surface area contributed by atoms with Gasteiger partial charge in [0, 0.05) is 0 Å². The molecule has 0 saturated carbocycles. The fourth-order valence-electron chi connectivity index (χ4n) is 1.03. The van der Waals surface area contributed by atoms with Crippen molar-refractivity contribution in [1.29, 1.82) is 5.26 Å². The highest BCUT2D eigenvalue weighted by atomic mass is 16.1. The lowest BCUT2D eigenvalue weighted by Gasteiger charge is -2.08. The highest BCUT2D eigenvalue weighted by Crippen LogP contribution is 2.17. The Morgan fingerprint density at radius 3 is 3.09 bits per heavy atom. The highest BCUT2D eigenvalue weighted by molar-refractivity contribution is 5.93. The van der Waals surface area contributed by atoms with Gasteiger partial charge in [-0.1, -0.05) is 18.2 Å². The van der Waals surface area contributed by atoms with Gasteiger partial charge >= 0.3 is 0 Å². The van der Waals surface area contributed by atoms with Crippen LogP contribution < -0.4 is 0 Å². The van der Waals surface area contributed by atoms with E-state index in [9.17, 15) is 4.79 Å². The number of nitrogens with zero attached hydrogens (tertiary/aromatic N) is 1. The van der Waals surface area contributed by atoms with E-state index in [-0.39, 0.29) is 11.7 Å². The molecule has 1 atom stereocenters. The zero-order valence-electron chi connectivity index (χ0n) is 6.37. The van der Waals surface area contributed by atoms with E-state index in [1.165, 1.54) is 6.92 Å². The normalized spacial score (nSPS) is 22.2. The van der Waals surface area contributed by atoms with Gasteiger partial charge < -0.3 is 0 Å². The van der Waals surface area contributed by atoms with Gasteiger partial charge in [0.2, 0.25) is 0 Å². The number of hydrogen-bond acceptors (Lipinski definition) is 2. The first kappa shape index (κ1) is 7.74. The van der Waals surface area contributed by atoms with Crippen LogP contribution in [0, 0.1) is 17.2 Å². The van der Waals surface area contributed by atoms with Crippen molar-refractivity contribution in [1.82, 2.24) is 0 Å². The Hall–Kier alpha value is -1.36. The van der Waals surface area contributed by atoms with Gasteiger partial charge in [0.05, 0.1) is 12.0 Å². The van der Waals surface area contributed by atoms with Crippen LogP contribution in [0.2, 0.25) is 0 Å². The predicted molar refractivity (Wildman–Crippen MR) is 41.6 cm³/mol. The molecular weight excluding hydrogens is 138 g/mol. The van der Waals surface area contributed by atoms with Crippen LogP contribution in [0.1, 0.15) is 13.3 Å². The minimum absolute atomic E-state index is 0.0644. The lowest BCUT2D eigenvalue weighted by molar-refractivity contribution is -0.113. The third-order valence-electron chi connectivity index (χ3n) is 1.70. The van der Waals surface area contributed by atoms with Crippen molar-refractivity contribution in [2.24, 2.45) is 5.92 Å². The molecule has 0 aromatic carbocycles. The standard InChI is InChI=1S/C9H9NO/c1-7(11)9-4-2-3-8(5-9)6-10/h2-4,8H,5H2,1H3. The summed E-state index contributed by atoms with van der Waals surface area (Å²) in [6, 6.07) is 2.11. The maximum atomic E-state index is 10.8. The molecule has 1 rings (SSSR count). The lowest BCUT2D eigenvalue weighted by atomic mass is 9.93. The van der Waals surface area contributed by atoms with E-state index < -0.39 is 0 Å². The molecular formula is C9H9NO. The molecule has 0 heterocycles. The van der Waals surface area contributed by atoms with E-state index in [4.69, 9.17) is 5.26 Å². The number of ketones is 1. The van der Waals surface area contributed by atoms with E-state index in [2.05, 4.69) is 6.07 Å². The first-order chi connectivity index (χ1) is 5.24. The van der Waals surface area contributed by atoms with Crippen LogP contribution >= 0.6 is 0 Å². The number of carbonyl (C=O) groups is 1. The fraction of sp³-hybridized carbons (Fsp3) is 0.333. The summed E-state index contributed by atoms with van der Waals surface area (Å²) in [4.78, 5) is 10.8. The zero-order chi connectivity index (χ0) is 8.27. The SMILES string of the molecule is CC(=O)C1=CC=CC(C#N)C1. The Labute approximate surface area is 65.8 Å². The van der Waals surface area contributed by atoms with Crippen LogP contribution in [0.25, 0.3) is 0 Å². The van der Waals surface area contributed by atoms with Gasteiger partial charge in [-0.2, -0.15) is 5.26 Å². The Morgan fingerprint density at radius 2 is 2.55 bits per heavy atom. The van der Waals surface area contributed by atoms with Crippen LogP contribution in [0.15, 0.2) is 23.8 Å². The van der Waals surface area contributed by atoms with Crippen molar-refractivity contribution >= 4 is 5.78 Å². The Kier molecular flexibility index (Phi) is 2.22. The Bertz CT molecular complexity index is 268. The number of nitriles is 1. The summed E-state index contributed by atoms with van der Waals surface area (Å²) in [5, 5.41) is 8.55. The predicted octanol–water partition coefficient (Wildman–Crippen LogP) is 1.60. The maximum absolute atomic E-state index is 10.8. The van der Waals surface area contributed by atoms with E-state index in [0.717, 1.165) is 5.57 Å². The molecule has 0 aliphatic heterocycles. The molecule has 2 heteroatoms. The minimum atomic E-state index is -0.112. The largest absolute Gasteiger partial charge is 0.295 e.